The average Bonchev–Trinajstić information content (AvgIpc) is 2.34. The molecule has 0 aliphatic carbocycles. The lowest BCUT2D eigenvalue weighted by atomic mass is 10.1. The molecule has 2 aromatic rings. The molecule has 0 fully saturated rings. The van der Waals surface area contributed by atoms with Crippen molar-refractivity contribution in [1.29, 1.82) is 0 Å². The van der Waals surface area contributed by atoms with E-state index in [-0.39, 0.29) is 11.9 Å². The molecule has 1 atom stereocenters. The molecule has 0 aromatic heterocycles. The van der Waals surface area contributed by atoms with Gasteiger partial charge in [0.1, 0.15) is 5.82 Å². The third-order valence-electron chi connectivity index (χ3n) is 2.90. The van der Waals surface area contributed by atoms with Crippen molar-refractivity contribution in [3.8, 4) is 0 Å². The summed E-state index contributed by atoms with van der Waals surface area (Å²) in [6.45, 7) is 4.11. The Morgan fingerprint density at radius 3 is 2.61 bits per heavy atom. The van der Waals surface area contributed by atoms with Gasteiger partial charge >= 0.3 is 0 Å². The first-order chi connectivity index (χ1) is 8.56. The Bertz CT molecular complexity index is 554. The monoisotopic (exact) mass is 355 g/mol. The maximum Gasteiger partial charge on any atom is 0.123 e. The van der Waals surface area contributed by atoms with Crippen molar-refractivity contribution in [3.63, 3.8) is 0 Å². The standard InChI is InChI=1S/C15H15FIN/c1-10-6-7-14(9-15(10)17)18-11(2)12-4-3-5-13(16)8-12/h3-9,11,18H,1-2H3. The van der Waals surface area contributed by atoms with Crippen molar-refractivity contribution in [2.45, 2.75) is 19.9 Å². The Morgan fingerprint density at radius 1 is 1.17 bits per heavy atom. The van der Waals surface area contributed by atoms with Crippen molar-refractivity contribution in [1.82, 2.24) is 0 Å². The van der Waals surface area contributed by atoms with Crippen molar-refractivity contribution in [2.24, 2.45) is 0 Å². The quantitative estimate of drug-likeness (QED) is 0.772. The van der Waals surface area contributed by atoms with E-state index in [1.807, 2.05) is 19.1 Å². The van der Waals surface area contributed by atoms with E-state index in [2.05, 4.69) is 47.0 Å². The van der Waals surface area contributed by atoms with E-state index in [4.69, 9.17) is 0 Å². The Labute approximate surface area is 121 Å². The second-order valence-corrected chi connectivity index (χ2v) is 5.55. The molecule has 1 nitrogen and oxygen atoms in total. The first-order valence-electron chi connectivity index (χ1n) is 5.84. The van der Waals surface area contributed by atoms with Crippen LogP contribution in [0.4, 0.5) is 10.1 Å². The largest absolute Gasteiger partial charge is 0.378 e. The fraction of sp³-hybridized carbons (Fsp3) is 0.200. The van der Waals surface area contributed by atoms with Gasteiger partial charge in [-0.3, -0.25) is 0 Å². The van der Waals surface area contributed by atoms with Gasteiger partial charge in [-0.25, -0.2) is 4.39 Å². The topological polar surface area (TPSA) is 12.0 Å². The summed E-state index contributed by atoms with van der Waals surface area (Å²) in [5.41, 5.74) is 3.27. The molecule has 2 rings (SSSR count). The molecule has 94 valence electrons. The van der Waals surface area contributed by atoms with Gasteiger partial charge in [-0.15, -0.1) is 0 Å². The van der Waals surface area contributed by atoms with Crippen LogP contribution in [-0.2, 0) is 0 Å². The van der Waals surface area contributed by atoms with E-state index >= 15 is 0 Å². The number of anilines is 1. The van der Waals surface area contributed by atoms with Crippen LogP contribution in [0.2, 0.25) is 0 Å². The summed E-state index contributed by atoms with van der Waals surface area (Å²) in [6.07, 6.45) is 0. The number of hydrogen-bond acceptors (Lipinski definition) is 1. The number of halogens is 2. The molecule has 0 bridgehead atoms. The summed E-state index contributed by atoms with van der Waals surface area (Å²) in [5.74, 6) is -0.195. The number of rotatable bonds is 3. The maximum absolute atomic E-state index is 13.2. The molecular formula is C15H15FIN. The first-order valence-corrected chi connectivity index (χ1v) is 6.92. The second-order valence-electron chi connectivity index (χ2n) is 4.38. The molecule has 0 heterocycles. The van der Waals surface area contributed by atoms with Gasteiger partial charge in [0.2, 0.25) is 0 Å². The minimum atomic E-state index is -0.195. The van der Waals surface area contributed by atoms with Crippen LogP contribution < -0.4 is 5.32 Å². The van der Waals surface area contributed by atoms with E-state index in [1.165, 1.54) is 15.2 Å². The Balaban J connectivity index is 2.16. The molecule has 0 radical (unpaired) electrons. The zero-order valence-corrected chi connectivity index (χ0v) is 12.5. The highest BCUT2D eigenvalue weighted by Gasteiger charge is 2.06. The molecule has 0 amide bonds. The van der Waals surface area contributed by atoms with Crippen molar-refractivity contribution in [3.05, 3.63) is 63.0 Å². The highest BCUT2D eigenvalue weighted by Crippen LogP contribution is 2.22. The van der Waals surface area contributed by atoms with Gasteiger partial charge in [0, 0.05) is 15.3 Å². The first kappa shape index (κ1) is 13.3. The average molecular weight is 355 g/mol. The van der Waals surface area contributed by atoms with Crippen molar-refractivity contribution >= 4 is 28.3 Å². The molecule has 0 aliphatic heterocycles. The lowest BCUT2D eigenvalue weighted by Crippen LogP contribution is -2.07. The highest BCUT2D eigenvalue weighted by atomic mass is 127. The molecule has 1 N–H and O–H groups in total. The smallest absolute Gasteiger partial charge is 0.123 e. The predicted octanol–water partition coefficient (Wildman–Crippen LogP) is 4.91. The van der Waals surface area contributed by atoms with E-state index in [9.17, 15) is 4.39 Å². The van der Waals surface area contributed by atoms with Gasteiger partial charge in [-0.2, -0.15) is 0 Å². The molecule has 1 unspecified atom stereocenters. The fourth-order valence-corrected chi connectivity index (χ4v) is 2.31. The molecule has 0 spiro atoms. The number of benzene rings is 2. The van der Waals surface area contributed by atoms with Crippen LogP contribution in [0, 0.1) is 16.3 Å². The minimum Gasteiger partial charge on any atom is -0.378 e. The summed E-state index contributed by atoms with van der Waals surface area (Å²) in [5, 5.41) is 3.38. The van der Waals surface area contributed by atoms with Crippen LogP contribution >= 0.6 is 22.6 Å². The Morgan fingerprint density at radius 2 is 1.94 bits per heavy atom. The minimum absolute atomic E-state index is 0.0826. The summed E-state index contributed by atoms with van der Waals surface area (Å²) in [7, 11) is 0. The number of hydrogen-bond donors (Lipinski definition) is 1. The summed E-state index contributed by atoms with van der Waals surface area (Å²) < 4.78 is 14.4. The summed E-state index contributed by atoms with van der Waals surface area (Å²) in [6, 6.07) is 13.0. The normalized spacial score (nSPS) is 12.2. The summed E-state index contributed by atoms with van der Waals surface area (Å²) >= 11 is 2.32. The molecule has 0 aliphatic rings. The lowest BCUT2D eigenvalue weighted by Gasteiger charge is -2.16. The maximum atomic E-state index is 13.2. The zero-order chi connectivity index (χ0) is 13.1. The zero-order valence-electron chi connectivity index (χ0n) is 10.4. The number of nitrogens with one attached hydrogen (secondary N) is 1. The van der Waals surface area contributed by atoms with E-state index in [0.29, 0.717) is 0 Å². The molecular weight excluding hydrogens is 340 g/mol. The molecule has 18 heavy (non-hydrogen) atoms. The van der Waals surface area contributed by atoms with E-state index in [1.54, 1.807) is 12.1 Å². The summed E-state index contributed by atoms with van der Waals surface area (Å²) in [4.78, 5) is 0. The van der Waals surface area contributed by atoms with Crippen LogP contribution in [0.15, 0.2) is 42.5 Å². The predicted molar refractivity (Wildman–Crippen MR) is 82.3 cm³/mol. The molecule has 3 heteroatoms. The fourth-order valence-electron chi connectivity index (χ4n) is 1.79. The Kier molecular flexibility index (Phi) is 4.22. The van der Waals surface area contributed by atoms with Crippen molar-refractivity contribution in [2.75, 3.05) is 5.32 Å². The SMILES string of the molecule is Cc1ccc(NC(C)c2cccc(F)c2)cc1I. The molecule has 0 saturated heterocycles. The van der Waals surface area contributed by atoms with Gasteiger partial charge in [0.05, 0.1) is 0 Å². The van der Waals surface area contributed by atoms with E-state index < -0.39 is 0 Å². The van der Waals surface area contributed by atoms with E-state index in [0.717, 1.165) is 11.3 Å². The molecule has 0 saturated carbocycles. The third-order valence-corrected chi connectivity index (χ3v) is 4.07. The van der Waals surface area contributed by atoms with Crippen LogP contribution in [0.25, 0.3) is 0 Å². The van der Waals surface area contributed by atoms with Crippen LogP contribution in [0.1, 0.15) is 24.1 Å². The highest BCUT2D eigenvalue weighted by molar-refractivity contribution is 14.1. The van der Waals surface area contributed by atoms with Crippen molar-refractivity contribution < 1.29 is 4.39 Å². The lowest BCUT2D eigenvalue weighted by molar-refractivity contribution is 0.623. The Hall–Kier alpha value is -1.10. The van der Waals surface area contributed by atoms with Gasteiger partial charge in [-0.1, -0.05) is 18.2 Å². The van der Waals surface area contributed by atoms with Crippen LogP contribution in [0.3, 0.4) is 0 Å². The second kappa shape index (κ2) is 5.69. The third kappa shape index (κ3) is 3.22. The van der Waals surface area contributed by atoms with Gasteiger partial charge < -0.3 is 5.32 Å². The van der Waals surface area contributed by atoms with Gasteiger partial charge in [0.15, 0.2) is 0 Å². The number of aryl methyl sites for hydroxylation is 1. The van der Waals surface area contributed by atoms with Gasteiger partial charge in [-0.05, 0) is 71.8 Å². The van der Waals surface area contributed by atoms with Gasteiger partial charge in [0.25, 0.3) is 0 Å². The van der Waals surface area contributed by atoms with Crippen LogP contribution in [0.5, 0.6) is 0 Å². The molecule has 2 aromatic carbocycles. The van der Waals surface area contributed by atoms with Crippen LogP contribution in [-0.4, -0.2) is 0 Å².